The second-order valence-electron chi connectivity index (χ2n) is 7.09. The number of hydrogen-bond acceptors (Lipinski definition) is 5. The van der Waals surface area contributed by atoms with Gasteiger partial charge in [0.05, 0.1) is 11.1 Å². The molecule has 1 saturated carbocycles. The third-order valence-corrected chi connectivity index (χ3v) is 5.04. The molecule has 1 unspecified atom stereocenters. The van der Waals surface area contributed by atoms with Crippen LogP contribution in [-0.2, 0) is 14.4 Å². The zero-order valence-corrected chi connectivity index (χ0v) is 14.8. The molecule has 1 atom stereocenters. The van der Waals surface area contributed by atoms with Crippen LogP contribution in [0, 0.1) is 5.41 Å². The van der Waals surface area contributed by atoms with Gasteiger partial charge in [0.2, 0.25) is 0 Å². The zero-order chi connectivity index (χ0) is 18.4. The molecule has 5 nitrogen and oxygen atoms in total. The van der Waals surface area contributed by atoms with Gasteiger partial charge in [-0.25, -0.2) is 4.79 Å². The fourth-order valence-electron chi connectivity index (χ4n) is 3.53. The summed E-state index contributed by atoms with van der Waals surface area (Å²) in [6, 6.07) is 8.81. The van der Waals surface area contributed by atoms with Crippen molar-refractivity contribution >= 4 is 23.2 Å². The fourth-order valence-corrected chi connectivity index (χ4v) is 3.53. The van der Waals surface area contributed by atoms with Crippen molar-refractivity contribution in [1.82, 2.24) is 0 Å². The predicted molar refractivity (Wildman–Crippen MR) is 97.8 cm³/mol. The largest absolute Gasteiger partial charge is 0.342 e. The summed E-state index contributed by atoms with van der Waals surface area (Å²) < 4.78 is 0. The minimum atomic E-state index is -1.17. The maximum atomic E-state index is 12.8. The maximum Gasteiger partial charge on any atom is 0.342 e. The molecule has 2 aliphatic rings. The topological polar surface area (TPSA) is 72.8 Å². The van der Waals surface area contributed by atoms with Crippen molar-refractivity contribution in [2.45, 2.75) is 51.4 Å². The Balaban J connectivity index is 1.77. The molecule has 1 aromatic carbocycles. The van der Waals surface area contributed by atoms with Crippen molar-refractivity contribution in [2.75, 3.05) is 0 Å². The summed E-state index contributed by atoms with van der Waals surface area (Å²) >= 11 is 0. The third kappa shape index (κ3) is 4.34. The van der Waals surface area contributed by atoms with E-state index in [0.717, 1.165) is 31.4 Å². The lowest BCUT2D eigenvalue weighted by Crippen LogP contribution is -2.38. The van der Waals surface area contributed by atoms with Crippen molar-refractivity contribution in [3.8, 4) is 0 Å². The Labute approximate surface area is 153 Å². The first-order valence-electron chi connectivity index (χ1n) is 9.14. The van der Waals surface area contributed by atoms with E-state index in [4.69, 9.17) is 4.84 Å². The highest BCUT2D eigenvalue weighted by molar-refractivity contribution is 6.02. The highest BCUT2D eigenvalue weighted by Gasteiger charge is 2.44. The molecule has 0 bridgehead atoms. The Bertz CT molecular complexity index is 743. The van der Waals surface area contributed by atoms with Gasteiger partial charge in [0.15, 0.2) is 11.6 Å². The van der Waals surface area contributed by atoms with E-state index >= 15 is 0 Å². The Morgan fingerprint density at radius 2 is 1.81 bits per heavy atom. The molecule has 0 radical (unpaired) electrons. The van der Waals surface area contributed by atoms with Gasteiger partial charge in [0.25, 0.3) is 0 Å². The van der Waals surface area contributed by atoms with Crippen molar-refractivity contribution < 1.29 is 19.2 Å². The summed E-state index contributed by atoms with van der Waals surface area (Å²) in [5.74, 6) is -0.923. The number of benzene rings is 1. The number of Topliss-reactive ketones (excluding diaryl/α,β-unsaturated/α-hetero) is 1. The summed E-state index contributed by atoms with van der Waals surface area (Å²) in [5.41, 5.74) is 0.240. The average molecular weight is 353 g/mol. The lowest BCUT2D eigenvalue weighted by atomic mass is 9.72. The fraction of sp³-hybridized carbons (Fsp3) is 0.429. The van der Waals surface area contributed by atoms with Gasteiger partial charge in [-0.1, -0.05) is 48.0 Å². The van der Waals surface area contributed by atoms with Gasteiger partial charge < -0.3 is 4.84 Å². The zero-order valence-electron chi connectivity index (χ0n) is 14.8. The lowest BCUT2D eigenvalue weighted by Gasteiger charge is -2.30. The van der Waals surface area contributed by atoms with E-state index in [1.807, 2.05) is 6.07 Å². The first kappa shape index (κ1) is 18.2. The number of carbonyl (C=O) groups excluding carboxylic acids is 3. The molecule has 136 valence electrons. The average Bonchev–Trinajstić information content (AvgIpc) is 2.67. The van der Waals surface area contributed by atoms with E-state index in [9.17, 15) is 14.4 Å². The molecule has 2 aliphatic carbocycles. The molecule has 0 aromatic heterocycles. The number of allylic oxidation sites excluding steroid dienone is 2. The number of oxime groups is 1. The standard InChI is InChI=1S/C21H23NO4/c23-18-12-7-13-21(14-18,15-19(24)16-8-3-1-4-9-16)20(25)26-22-17-10-5-2-6-11-17/h1,3-4,7-9,12H,2,5-6,10-11,13-15H2. The number of rotatable bonds is 5. The molecular weight excluding hydrogens is 330 g/mol. The molecule has 0 amide bonds. The summed E-state index contributed by atoms with van der Waals surface area (Å²) in [4.78, 5) is 42.6. The van der Waals surface area contributed by atoms with Gasteiger partial charge in [0.1, 0.15) is 0 Å². The SMILES string of the molecule is O=C1C=CCC(CC(=O)c2ccccc2)(C(=O)ON=C2CCCCC2)C1. The Kier molecular flexibility index (Phi) is 5.76. The van der Waals surface area contributed by atoms with Crippen LogP contribution in [-0.4, -0.2) is 23.2 Å². The second kappa shape index (κ2) is 8.21. The van der Waals surface area contributed by atoms with Crippen LogP contribution in [0.3, 0.4) is 0 Å². The van der Waals surface area contributed by atoms with Crippen molar-refractivity contribution in [1.29, 1.82) is 0 Å². The Morgan fingerprint density at radius 1 is 1.08 bits per heavy atom. The lowest BCUT2D eigenvalue weighted by molar-refractivity contribution is -0.158. The van der Waals surface area contributed by atoms with Crippen LogP contribution >= 0.6 is 0 Å². The Morgan fingerprint density at radius 3 is 2.50 bits per heavy atom. The maximum absolute atomic E-state index is 12.8. The van der Waals surface area contributed by atoms with Crippen LogP contribution in [0.15, 0.2) is 47.6 Å². The first-order chi connectivity index (χ1) is 12.6. The summed E-state index contributed by atoms with van der Waals surface area (Å²) in [5, 5.41) is 4.03. The van der Waals surface area contributed by atoms with E-state index < -0.39 is 11.4 Å². The minimum Gasteiger partial charge on any atom is -0.318 e. The van der Waals surface area contributed by atoms with Crippen molar-refractivity contribution in [3.63, 3.8) is 0 Å². The van der Waals surface area contributed by atoms with Gasteiger partial charge in [-0.3, -0.25) is 9.59 Å². The molecular formula is C21H23NO4. The van der Waals surface area contributed by atoms with E-state index in [2.05, 4.69) is 5.16 Å². The van der Waals surface area contributed by atoms with Gasteiger partial charge in [-0.15, -0.1) is 0 Å². The molecule has 0 saturated heterocycles. The minimum absolute atomic E-state index is 0.0221. The van der Waals surface area contributed by atoms with Gasteiger partial charge in [-0.05, 0) is 38.2 Å². The van der Waals surface area contributed by atoms with Crippen LogP contribution in [0.1, 0.15) is 61.7 Å². The summed E-state index contributed by atoms with van der Waals surface area (Å²) in [7, 11) is 0. The smallest absolute Gasteiger partial charge is 0.318 e. The van der Waals surface area contributed by atoms with Gasteiger partial charge >= 0.3 is 5.97 Å². The van der Waals surface area contributed by atoms with E-state index in [0.29, 0.717) is 12.0 Å². The van der Waals surface area contributed by atoms with Gasteiger partial charge in [-0.2, -0.15) is 0 Å². The van der Waals surface area contributed by atoms with E-state index in [1.54, 1.807) is 30.3 Å². The Hall–Kier alpha value is -2.56. The molecule has 1 fully saturated rings. The third-order valence-electron chi connectivity index (χ3n) is 5.04. The number of nitrogens with zero attached hydrogens (tertiary/aromatic N) is 1. The normalized spacial score (nSPS) is 22.8. The van der Waals surface area contributed by atoms with E-state index in [1.165, 1.54) is 12.5 Å². The molecule has 0 spiro atoms. The number of hydrogen-bond donors (Lipinski definition) is 0. The van der Waals surface area contributed by atoms with Gasteiger partial charge in [0, 0.05) is 18.4 Å². The molecule has 0 heterocycles. The van der Waals surface area contributed by atoms with Crippen LogP contribution in [0.5, 0.6) is 0 Å². The van der Waals surface area contributed by atoms with Crippen molar-refractivity contribution in [2.24, 2.45) is 10.6 Å². The predicted octanol–water partition coefficient (Wildman–Crippen LogP) is 4.03. The first-order valence-corrected chi connectivity index (χ1v) is 9.14. The monoisotopic (exact) mass is 353 g/mol. The molecule has 5 heteroatoms. The highest BCUT2D eigenvalue weighted by Crippen LogP contribution is 2.37. The van der Waals surface area contributed by atoms with E-state index in [-0.39, 0.29) is 24.4 Å². The van der Waals surface area contributed by atoms with Crippen molar-refractivity contribution in [3.05, 3.63) is 48.0 Å². The second-order valence-corrected chi connectivity index (χ2v) is 7.09. The summed E-state index contributed by atoms with van der Waals surface area (Å²) in [6.07, 6.45) is 8.28. The van der Waals surface area contributed by atoms with Crippen LogP contribution in [0.2, 0.25) is 0 Å². The van der Waals surface area contributed by atoms with Crippen LogP contribution in [0.4, 0.5) is 0 Å². The van der Waals surface area contributed by atoms with Crippen LogP contribution in [0.25, 0.3) is 0 Å². The molecule has 0 N–H and O–H groups in total. The van der Waals surface area contributed by atoms with Crippen LogP contribution < -0.4 is 0 Å². The highest BCUT2D eigenvalue weighted by atomic mass is 16.7. The molecule has 3 rings (SSSR count). The molecule has 0 aliphatic heterocycles. The quantitative estimate of drug-likeness (QED) is 0.455. The summed E-state index contributed by atoms with van der Waals surface area (Å²) in [6.45, 7) is 0. The number of carbonyl (C=O) groups is 3. The molecule has 1 aromatic rings. The molecule has 26 heavy (non-hydrogen) atoms. The number of ketones is 2.